The molecule has 5 nitrogen and oxygen atoms in total. The van der Waals surface area contributed by atoms with Crippen LogP contribution in [0.25, 0.3) is 112 Å². The third-order valence-corrected chi connectivity index (χ3v) is 11.0. The molecule has 0 aliphatic heterocycles. The highest BCUT2D eigenvalue weighted by Crippen LogP contribution is 2.43. The maximum atomic E-state index is 6.72. The van der Waals surface area contributed by atoms with Gasteiger partial charge >= 0.3 is 0 Å². The fourth-order valence-corrected chi connectivity index (χ4v) is 8.03. The molecule has 0 radical (unpaired) electrons. The second kappa shape index (κ2) is 14.5. The Labute approximate surface area is 341 Å². The molecule has 3 aromatic heterocycles. The number of furan rings is 1. The molecule has 276 valence electrons. The van der Waals surface area contributed by atoms with E-state index in [0.717, 1.165) is 83.0 Å². The first-order valence-corrected chi connectivity index (χ1v) is 19.7. The van der Waals surface area contributed by atoms with Gasteiger partial charge in [0.25, 0.3) is 0 Å². The number of pyridine rings is 1. The molecule has 5 heteroatoms. The summed E-state index contributed by atoms with van der Waals surface area (Å²) in [5.41, 5.74) is 13.8. The Morgan fingerprint density at radius 1 is 0.305 bits per heavy atom. The highest BCUT2D eigenvalue weighted by Gasteiger charge is 2.21. The Bertz CT molecular complexity index is 3290. The van der Waals surface area contributed by atoms with E-state index in [2.05, 4.69) is 152 Å². The smallest absolute Gasteiger partial charge is 0.164 e. The van der Waals surface area contributed by atoms with Crippen LogP contribution < -0.4 is 0 Å². The third kappa shape index (κ3) is 6.32. The third-order valence-electron chi connectivity index (χ3n) is 11.0. The second-order valence-corrected chi connectivity index (χ2v) is 14.6. The quantitative estimate of drug-likeness (QED) is 0.162. The minimum atomic E-state index is 0.593. The summed E-state index contributed by atoms with van der Waals surface area (Å²) in [7, 11) is 0. The maximum Gasteiger partial charge on any atom is 0.164 e. The Morgan fingerprint density at radius 2 is 0.763 bits per heavy atom. The van der Waals surface area contributed by atoms with Crippen LogP contribution in [-0.2, 0) is 0 Å². The predicted molar refractivity (Wildman–Crippen MR) is 240 cm³/mol. The minimum Gasteiger partial charge on any atom is -0.454 e. The number of para-hydroxylation sites is 1. The molecule has 0 bridgehead atoms. The zero-order chi connectivity index (χ0) is 39.1. The fraction of sp³-hybridized carbons (Fsp3) is 0. The van der Waals surface area contributed by atoms with Gasteiger partial charge in [0.2, 0.25) is 0 Å². The lowest BCUT2D eigenvalue weighted by molar-refractivity contribution is 0.669. The van der Waals surface area contributed by atoms with Crippen molar-refractivity contribution >= 4 is 32.8 Å². The Morgan fingerprint density at radius 3 is 1.41 bits per heavy atom. The molecule has 0 aliphatic rings. The summed E-state index contributed by atoms with van der Waals surface area (Å²) in [6, 6.07) is 71.0. The average molecular weight is 755 g/mol. The minimum absolute atomic E-state index is 0.593. The molecule has 8 aromatic carbocycles. The first kappa shape index (κ1) is 34.2. The Hall–Kier alpha value is -8.02. The molecule has 0 N–H and O–H groups in total. The van der Waals surface area contributed by atoms with Crippen LogP contribution in [-0.4, -0.2) is 19.9 Å². The molecule has 0 saturated carbocycles. The van der Waals surface area contributed by atoms with E-state index < -0.39 is 0 Å². The molecule has 0 unspecified atom stereocenters. The molecular formula is C54H34N4O. The van der Waals surface area contributed by atoms with Crippen molar-refractivity contribution < 1.29 is 4.42 Å². The van der Waals surface area contributed by atoms with Gasteiger partial charge in [0, 0.05) is 38.4 Å². The Kier molecular flexibility index (Phi) is 8.41. The van der Waals surface area contributed by atoms with Gasteiger partial charge in [0.1, 0.15) is 11.3 Å². The lowest BCUT2D eigenvalue weighted by atomic mass is 9.93. The van der Waals surface area contributed by atoms with Gasteiger partial charge in [-0.05, 0) is 51.6 Å². The van der Waals surface area contributed by atoms with Crippen LogP contribution in [0.5, 0.6) is 0 Å². The number of hydrogen-bond acceptors (Lipinski definition) is 5. The summed E-state index contributed by atoms with van der Waals surface area (Å²) in [5, 5.41) is 3.18. The van der Waals surface area contributed by atoms with Crippen LogP contribution in [0.15, 0.2) is 211 Å². The van der Waals surface area contributed by atoms with Crippen molar-refractivity contribution in [1.82, 2.24) is 19.9 Å². The molecule has 0 atom stereocenters. The monoisotopic (exact) mass is 754 g/mol. The van der Waals surface area contributed by atoms with E-state index in [1.807, 2.05) is 54.6 Å². The van der Waals surface area contributed by atoms with Gasteiger partial charge in [-0.1, -0.05) is 188 Å². The van der Waals surface area contributed by atoms with E-state index in [0.29, 0.717) is 17.5 Å². The molecule has 0 aliphatic carbocycles. The molecule has 11 rings (SSSR count). The summed E-state index contributed by atoms with van der Waals surface area (Å²) < 4.78 is 6.72. The number of aromatic nitrogens is 4. The van der Waals surface area contributed by atoms with Gasteiger partial charge < -0.3 is 4.42 Å². The van der Waals surface area contributed by atoms with Gasteiger partial charge in [-0.3, -0.25) is 0 Å². The van der Waals surface area contributed by atoms with Crippen LogP contribution in [0.2, 0.25) is 0 Å². The zero-order valence-corrected chi connectivity index (χ0v) is 31.8. The number of rotatable bonds is 7. The SMILES string of the molecule is c1ccc(-c2ccc(-c3nc(-c4ccccc4)nc(-c4ccc(-c5nc6cccc(-c7cccc(-c8ccccc8)c7)c6c6c5oc5ccccc56)cc4)n3)cc2)cc1. The van der Waals surface area contributed by atoms with Gasteiger partial charge in [-0.25, -0.2) is 19.9 Å². The first-order valence-electron chi connectivity index (χ1n) is 19.7. The average Bonchev–Trinajstić information content (AvgIpc) is 3.72. The molecule has 3 heterocycles. The van der Waals surface area contributed by atoms with E-state index in [1.54, 1.807) is 0 Å². The number of fused-ring (bicyclic) bond motifs is 5. The van der Waals surface area contributed by atoms with E-state index in [-0.39, 0.29) is 0 Å². The summed E-state index contributed by atoms with van der Waals surface area (Å²) >= 11 is 0. The van der Waals surface area contributed by atoms with Crippen molar-refractivity contribution in [2.24, 2.45) is 0 Å². The van der Waals surface area contributed by atoms with Crippen molar-refractivity contribution in [3.8, 4) is 78.8 Å². The molecule has 0 spiro atoms. The zero-order valence-electron chi connectivity index (χ0n) is 31.8. The van der Waals surface area contributed by atoms with Gasteiger partial charge in [-0.2, -0.15) is 0 Å². The molecule has 0 saturated heterocycles. The number of hydrogen-bond donors (Lipinski definition) is 0. The standard InChI is InChI=1S/C54H34N4O/c1-4-14-35(15-5-1)37-26-30-40(31-27-37)53-56-52(39-18-8-3-9-19-39)57-54(58-53)41-32-28-38(29-33-41)50-51-49(45-22-10-11-25-47(45)59-51)48-44(23-13-24-46(48)55-50)43-21-12-20-42(34-43)36-16-6-2-7-17-36/h1-34H. The van der Waals surface area contributed by atoms with E-state index >= 15 is 0 Å². The molecule has 0 fully saturated rings. The van der Waals surface area contributed by atoms with Crippen molar-refractivity contribution in [3.63, 3.8) is 0 Å². The van der Waals surface area contributed by atoms with E-state index in [4.69, 9.17) is 24.4 Å². The van der Waals surface area contributed by atoms with Crippen LogP contribution in [0.1, 0.15) is 0 Å². The molecule has 0 amide bonds. The van der Waals surface area contributed by atoms with Crippen molar-refractivity contribution in [2.45, 2.75) is 0 Å². The van der Waals surface area contributed by atoms with E-state index in [9.17, 15) is 0 Å². The summed E-state index contributed by atoms with van der Waals surface area (Å²) in [5.74, 6) is 1.82. The van der Waals surface area contributed by atoms with Crippen LogP contribution in [0.3, 0.4) is 0 Å². The van der Waals surface area contributed by atoms with Gasteiger partial charge in [0.05, 0.1) is 5.52 Å². The molecular weight excluding hydrogens is 721 g/mol. The second-order valence-electron chi connectivity index (χ2n) is 14.6. The highest BCUT2D eigenvalue weighted by atomic mass is 16.3. The molecule has 59 heavy (non-hydrogen) atoms. The Balaban J connectivity index is 1.03. The summed E-state index contributed by atoms with van der Waals surface area (Å²) in [6.07, 6.45) is 0. The van der Waals surface area contributed by atoms with Crippen LogP contribution in [0, 0.1) is 0 Å². The van der Waals surface area contributed by atoms with E-state index in [1.165, 1.54) is 11.1 Å². The topological polar surface area (TPSA) is 64.7 Å². The van der Waals surface area contributed by atoms with Crippen molar-refractivity contribution in [2.75, 3.05) is 0 Å². The number of benzene rings is 8. The van der Waals surface area contributed by atoms with Crippen molar-refractivity contribution in [1.29, 1.82) is 0 Å². The van der Waals surface area contributed by atoms with Crippen molar-refractivity contribution in [3.05, 3.63) is 206 Å². The first-order chi connectivity index (χ1) is 29.2. The predicted octanol–water partition coefficient (Wildman–Crippen LogP) is 14.0. The lowest BCUT2D eigenvalue weighted by Crippen LogP contribution is -2.00. The normalized spacial score (nSPS) is 11.4. The summed E-state index contributed by atoms with van der Waals surface area (Å²) in [4.78, 5) is 20.3. The lowest BCUT2D eigenvalue weighted by Gasteiger charge is -2.12. The molecule has 11 aromatic rings. The van der Waals surface area contributed by atoms with Crippen LogP contribution >= 0.6 is 0 Å². The van der Waals surface area contributed by atoms with Gasteiger partial charge in [-0.15, -0.1) is 0 Å². The highest BCUT2D eigenvalue weighted by molar-refractivity contribution is 6.24. The van der Waals surface area contributed by atoms with Gasteiger partial charge in [0.15, 0.2) is 23.1 Å². The maximum absolute atomic E-state index is 6.72. The largest absolute Gasteiger partial charge is 0.454 e. The summed E-state index contributed by atoms with van der Waals surface area (Å²) in [6.45, 7) is 0. The van der Waals surface area contributed by atoms with Crippen LogP contribution in [0.4, 0.5) is 0 Å². The fourth-order valence-electron chi connectivity index (χ4n) is 8.03. The number of nitrogens with zero attached hydrogens (tertiary/aromatic N) is 4.